The first-order valence-electron chi connectivity index (χ1n) is 9.38. The molecule has 0 fully saturated rings. The Labute approximate surface area is 180 Å². The number of nitro benzene ring substituents is 1. The molecule has 1 N–H and O–H groups in total. The summed E-state index contributed by atoms with van der Waals surface area (Å²) < 4.78 is 45.1. The van der Waals surface area contributed by atoms with Crippen LogP contribution in [0.1, 0.15) is 22.5 Å². The molecule has 1 amide bonds. The summed E-state index contributed by atoms with van der Waals surface area (Å²) in [5, 5.41) is 17.1. The van der Waals surface area contributed by atoms with Crippen molar-refractivity contribution in [2.24, 2.45) is 0 Å². The maximum atomic E-state index is 12.8. The summed E-state index contributed by atoms with van der Waals surface area (Å²) in [5.41, 5.74) is 0.646. The van der Waals surface area contributed by atoms with Crippen molar-refractivity contribution in [2.75, 3.05) is 5.32 Å². The molecule has 0 saturated heterocycles. The van der Waals surface area contributed by atoms with Gasteiger partial charge in [-0.2, -0.15) is 18.3 Å². The molecule has 1 heterocycles. The second kappa shape index (κ2) is 8.69. The lowest BCUT2D eigenvalue weighted by Gasteiger charge is -2.11. The average Bonchev–Trinajstić information content (AvgIpc) is 3.01. The molecule has 11 heteroatoms. The number of hydrogen-bond donors (Lipinski definition) is 1. The summed E-state index contributed by atoms with van der Waals surface area (Å²) in [6.45, 7) is 4.64. The molecule has 168 valence electrons. The van der Waals surface area contributed by atoms with E-state index in [1.807, 2.05) is 19.9 Å². The average molecular weight is 448 g/mol. The number of carbonyl (C=O) groups excluding carboxylic acids is 1. The smallest absolute Gasteiger partial charge is 0.435 e. The lowest BCUT2D eigenvalue weighted by Crippen LogP contribution is -2.21. The third-order valence-corrected chi connectivity index (χ3v) is 4.38. The molecule has 0 bridgehead atoms. The number of halogens is 3. The van der Waals surface area contributed by atoms with Crippen molar-refractivity contribution in [2.45, 2.75) is 33.5 Å². The highest BCUT2D eigenvalue weighted by Crippen LogP contribution is 2.31. The van der Waals surface area contributed by atoms with Crippen LogP contribution in [0.3, 0.4) is 0 Å². The highest BCUT2D eigenvalue weighted by Gasteiger charge is 2.34. The Morgan fingerprint density at radius 2 is 1.69 bits per heavy atom. The zero-order chi connectivity index (χ0) is 23.6. The second-order valence-electron chi connectivity index (χ2n) is 7.27. The van der Waals surface area contributed by atoms with Crippen LogP contribution in [0, 0.1) is 30.9 Å². The molecule has 32 heavy (non-hydrogen) atoms. The minimum atomic E-state index is -4.63. The third-order valence-electron chi connectivity index (χ3n) is 4.38. The van der Waals surface area contributed by atoms with E-state index < -0.39 is 29.2 Å². The van der Waals surface area contributed by atoms with E-state index in [0.717, 1.165) is 27.9 Å². The van der Waals surface area contributed by atoms with Crippen molar-refractivity contribution < 1.29 is 27.6 Å². The molecule has 3 rings (SSSR count). The van der Waals surface area contributed by atoms with Crippen LogP contribution in [-0.2, 0) is 17.5 Å². The first-order valence-corrected chi connectivity index (χ1v) is 9.38. The Balaban J connectivity index is 1.82. The molecule has 0 saturated carbocycles. The number of nitrogens with zero attached hydrogens (tertiary/aromatic N) is 3. The lowest BCUT2D eigenvalue weighted by molar-refractivity contribution is -0.384. The van der Waals surface area contributed by atoms with E-state index >= 15 is 0 Å². The first kappa shape index (κ1) is 22.8. The number of anilines is 1. The molecule has 2 aromatic carbocycles. The van der Waals surface area contributed by atoms with E-state index in [2.05, 4.69) is 10.4 Å². The Morgan fingerprint density at radius 1 is 1.06 bits per heavy atom. The van der Waals surface area contributed by atoms with Crippen molar-refractivity contribution in [3.8, 4) is 11.5 Å². The van der Waals surface area contributed by atoms with E-state index in [1.54, 1.807) is 12.1 Å². The predicted molar refractivity (Wildman–Crippen MR) is 110 cm³/mol. The van der Waals surface area contributed by atoms with Crippen molar-refractivity contribution in [1.82, 2.24) is 9.78 Å². The highest BCUT2D eigenvalue weighted by atomic mass is 19.4. The van der Waals surface area contributed by atoms with Gasteiger partial charge < -0.3 is 10.1 Å². The summed E-state index contributed by atoms with van der Waals surface area (Å²) in [4.78, 5) is 23.0. The number of ether oxygens (including phenoxy) is 1. The number of benzene rings is 2. The molecule has 3 aromatic rings. The second-order valence-corrected chi connectivity index (χ2v) is 7.27. The normalized spacial score (nSPS) is 11.3. The number of amides is 1. The Bertz CT molecular complexity index is 1170. The van der Waals surface area contributed by atoms with Gasteiger partial charge in [0.25, 0.3) is 5.69 Å². The van der Waals surface area contributed by atoms with Crippen LogP contribution in [0.4, 0.5) is 24.5 Å². The van der Waals surface area contributed by atoms with Gasteiger partial charge in [0, 0.05) is 17.8 Å². The number of nitro groups is 1. The molecule has 0 aliphatic rings. The minimum absolute atomic E-state index is 0.0597. The fourth-order valence-corrected chi connectivity index (χ4v) is 3.09. The van der Waals surface area contributed by atoms with Gasteiger partial charge in [0.2, 0.25) is 5.91 Å². The van der Waals surface area contributed by atoms with Crippen molar-refractivity contribution >= 4 is 17.3 Å². The number of nitrogens with one attached hydrogen (secondary N) is 1. The van der Waals surface area contributed by atoms with Crippen LogP contribution < -0.4 is 10.1 Å². The maximum Gasteiger partial charge on any atom is 0.435 e. The van der Waals surface area contributed by atoms with Gasteiger partial charge in [-0.25, -0.2) is 0 Å². The first-order chi connectivity index (χ1) is 14.9. The van der Waals surface area contributed by atoms with Gasteiger partial charge in [-0.15, -0.1) is 0 Å². The molecule has 8 nitrogen and oxygen atoms in total. The van der Waals surface area contributed by atoms with Crippen LogP contribution in [0.5, 0.6) is 11.5 Å². The number of aromatic nitrogens is 2. The molecule has 0 aliphatic carbocycles. The number of hydrogen-bond acceptors (Lipinski definition) is 5. The summed E-state index contributed by atoms with van der Waals surface area (Å²) in [7, 11) is 0. The van der Waals surface area contributed by atoms with Crippen molar-refractivity contribution in [3.05, 3.63) is 75.1 Å². The highest BCUT2D eigenvalue weighted by molar-refractivity contribution is 5.91. The van der Waals surface area contributed by atoms with Gasteiger partial charge in [0.05, 0.1) is 16.7 Å². The van der Waals surface area contributed by atoms with Crippen LogP contribution in [0.15, 0.2) is 42.5 Å². The van der Waals surface area contributed by atoms with Gasteiger partial charge in [0.15, 0.2) is 5.69 Å². The predicted octanol–water partition coefficient (Wildman–Crippen LogP) is 5.17. The number of alkyl halides is 3. The van der Waals surface area contributed by atoms with Crippen LogP contribution in [0.2, 0.25) is 0 Å². The molecule has 0 atom stereocenters. The topological polar surface area (TPSA) is 99.3 Å². The zero-order valence-electron chi connectivity index (χ0n) is 17.4. The number of carbonyl (C=O) groups is 1. The van der Waals surface area contributed by atoms with E-state index in [4.69, 9.17) is 4.74 Å². The SMILES string of the molecule is Cc1cc(C)cc(Oc2cc(NC(=O)Cn3nc(C(F)(F)F)cc3C)cc([N+](=O)[O-])c2)c1. The van der Waals surface area contributed by atoms with Crippen LogP contribution in [-0.4, -0.2) is 20.6 Å². The summed E-state index contributed by atoms with van der Waals surface area (Å²) in [6, 6.07) is 10.00. The summed E-state index contributed by atoms with van der Waals surface area (Å²) >= 11 is 0. The van der Waals surface area contributed by atoms with Crippen molar-refractivity contribution in [1.29, 1.82) is 0 Å². The number of non-ortho nitro benzene ring substituents is 1. The molecular formula is C21H19F3N4O4. The van der Waals surface area contributed by atoms with E-state index in [1.165, 1.54) is 19.1 Å². The zero-order valence-corrected chi connectivity index (χ0v) is 17.4. The van der Waals surface area contributed by atoms with Gasteiger partial charge in [-0.1, -0.05) is 6.07 Å². The number of aryl methyl sites for hydroxylation is 3. The van der Waals surface area contributed by atoms with E-state index in [9.17, 15) is 28.1 Å². The largest absolute Gasteiger partial charge is 0.457 e. The van der Waals surface area contributed by atoms with E-state index in [0.29, 0.717) is 5.75 Å². The Morgan fingerprint density at radius 3 is 2.25 bits per heavy atom. The molecule has 0 radical (unpaired) electrons. The fourth-order valence-electron chi connectivity index (χ4n) is 3.09. The third kappa shape index (κ3) is 5.62. The van der Waals surface area contributed by atoms with Gasteiger partial charge in [-0.05, 0) is 50.1 Å². The minimum Gasteiger partial charge on any atom is -0.457 e. The Hall–Kier alpha value is -3.89. The molecule has 0 aliphatic heterocycles. The van der Waals surface area contributed by atoms with Gasteiger partial charge in [0.1, 0.15) is 18.0 Å². The van der Waals surface area contributed by atoms with Crippen LogP contribution in [0.25, 0.3) is 0 Å². The standard InChI is InChI=1S/C21H19F3N4O4/c1-12-4-13(2)6-17(5-12)32-18-9-15(8-16(10-18)28(30)31)25-20(29)11-27-14(3)7-19(26-27)21(22,23)24/h4-10H,11H2,1-3H3,(H,25,29). The van der Waals surface area contributed by atoms with Gasteiger partial charge in [-0.3, -0.25) is 19.6 Å². The van der Waals surface area contributed by atoms with Crippen molar-refractivity contribution in [3.63, 3.8) is 0 Å². The summed E-state index contributed by atoms with van der Waals surface area (Å²) in [6.07, 6.45) is -4.63. The van der Waals surface area contributed by atoms with E-state index in [-0.39, 0.29) is 22.8 Å². The quantitative estimate of drug-likeness (QED) is 0.415. The molecule has 0 unspecified atom stereocenters. The molecule has 1 aromatic heterocycles. The number of rotatable bonds is 6. The molecular weight excluding hydrogens is 429 g/mol. The monoisotopic (exact) mass is 448 g/mol. The summed E-state index contributed by atoms with van der Waals surface area (Å²) in [5.74, 6) is -0.121. The molecule has 0 spiro atoms. The maximum absolute atomic E-state index is 12.8. The fraction of sp³-hybridized carbons (Fsp3) is 0.238. The lowest BCUT2D eigenvalue weighted by atomic mass is 10.1. The van der Waals surface area contributed by atoms with Crippen LogP contribution >= 0.6 is 0 Å². The Kier molecular flexibility index (Phi) is 6.19. The van der Waals surface area contributed by atoms with Gasteiger partial charge >= 0.3 is 6.18 Å².